The molecule has 0 unspecified atom stereocenters. The van der Waals surface area contributed by atoms with Crippen molar-refractivity contribution in [3.05, 3.63) is 24.3 Å². The van der Waals surface area contributed by atoms with Gasteiger partial charge in [0.05, 0.1) is 19.8 Å². The maximum atomic E-state index is 11.6. The first-order valence-electron chi connectivity index (χ1n) is 6.86. The Bertz CT molecular complexity index is 487. The highest BCUT2D eigenvalue weighted by Gasteiger charge is 2.28. The molecule has 0 saturated carbocycles. The van der Waals surface area contributed by atoms with Gasteiger partial charge in [-0.05, 0) is 31.2 Å². The molecular formula is C15H21NO6. The Morgan fingerprint density at radius 1 is 1.23 bits per heavy atom. The van der Waals surface area contributed by atoms with Crippen LogP contribution < -0.4 is 14.8 Å². The summed E-state index contributed by atoms with van der Waals surface area (Å²) in [5, 5.41) is 12.4. The van der Waals surface area contributed by atoms with Crippen molar-refractivity contribution in [2.75, 3.05) is 20.3 Å². The molecule has 0 fully saturated rings. The highest BCUT2D eigenvalue weighted by Crippen LogP contribution is 2.17. The van der Waals surface area contributed by atoms with Crippen LogP contribution in [0, 0.1) is 0 Å². The number of esters is 1. The molecule has 0 aliphatic carbocycles. The molecule has 0 aliphatic rings. The lowest BCUT2D eigenvalue weighted by Gasteiger charge is -2.22. The van der Waals surface area contributed by atoms with Crippen molar-refractivity contribution in [1.29, 1.82) is 0 Å². The van der Waals surface area contributed by atoms with Gasteiger partial charge in [-0.15, -0.1) is 0 Å². The summed E-state index contributed by atoms with van der Waals surface area (Å²) >= 11 is 0. The Morgan fingerprint density at radius 2 is 1.82 bits per heavy atom. The average Bonchev–Trinajstić information content (AvgIpc) is 2.51. The first kappa shape index (κ1) is 17.8. The molecule has 1 rings (SSSR count). The summed E-state index contributed by atoms with van der Waals surface area (Å²) in [5.41, 5.74) is 0. The van der Waals surface area contributed by atoms with Crippen LogP contribution >= 0.6 is 0 Å². The molecule has 0 aliphatic heterocycles. The van der Waals surface area contributed by atoms with Crippen molar-refractivity contribution in [2.45, 2.75) is 26.0 Å². The van der Waals surface area contributed by atoms with Gasteiger partial charge in [0.25, 0.3) is 0 Å². The lowest BCUT2D eigenvalue weighted by Crippen LogP contribution is -2.50. The van der Waals surface area contributed by atoms with Gasteiger partial charge in [-0.1, -0.05) is 0 Å². The number of hydrogen-bond acceptors (Lipinski definition) is 6. The Balaban J connectivity index is 2.67. The Morgan fingerprint density at radius 3 is 2.32 bits per heavy atom. The molecule has 0 aromatic heterocycles. The number of benzene rings is 1. The van der Waals surface area contributed by atoms with Crippen LogP contribution in [0.2, 0.25) is 0 Å². The van der Waals surface area contributed by atoms with Gasteiger partial charge in [-0.3, -0.25) is 4.79 Å². The summed E-state index contributed by atoms with van der Waals surface area (Å²) in [7, 11) is 1.55. The minimum atomic E-state index is -1.50. The predicted octanol–water partition coefficient (Wildman–Crippen LogP) is 0.503. The first-order chi connectivity index (χ1) is 10.5. The molecule has 7 heteroatoms. The van der Waals surface area contributed by atoms with Gasteiger partial charge in [0.1, 0.15) is 18.1 Å². The van der Waals surface area contributed by atoms with Gasteiger partial charge < -0.3 is 24.6 Å². The zero-order chi connectivity index (χ0) is 16.5. The largest absolute Gasteiger partial charge is 0.497 e. The Hall–Kier alpha value is -2.28. The van der Waals surface area contributed by atoms with Crippen LogP contribution in [-0.4, -0.2) is 49.5 Å². The van der Waals surface area contributed by atoms with E-state index in [9.17, 15) is 14.7 Å². The maximum Gasteiger partial charge on any atom is 0.337 e. The predicted molar refractivity (Wildman–Crippen MR) is 78.7 cm³/mol. The molecule has 0 saturated heterocycles. The maximum absolute atomic E-state index is 11.6. The van der Waals surface area contributed by atoms with Gasteiger partial charge in [0, 0.05) is 6.92 Å². The molecule has 1 aromatic rings. The average molecular weight is 311 g/mol. The molecular weight excluding hydrogens is 290 g/mol. The third kappa shape index (κ3) is 5.61. The van der Waals surface area contributed by atoms with E-state index in [-0.39, 0.29) is 19.1 Å². The second kappa shape index (κ2) is 8.89. The minimum Gasteiger partial charge on any atom is -0.497 e. The molecule has 0 heterocycles. The minimum absolute atomic E-state index is 0.0775. The number of hydrogen-bond donors (Lipinski definition) is 2. The van der Waals surface area contributed by atoms with Crippen molar-refractivity contribution >= 4 is 11.9 Å². The van der Waals surface area contributed by atoms with E-state index in [0.717, 1.165) is 0 Å². The van der Waals surface area contributed by atoms with Crippen LogP contribution in [0.3, 0.4) is 0 Å². The van der Waals surface area contributed by atoms with Gasteiger partial charge in [-0.25, -0.2) is 4.79 Å². The second-order valence-electron chi connectivity index (χ2n) is 4.49. The Kier molecular flexibility index (Phi) is 7.18. The summed E-state index contributed by atoms with van der Waals surface area (Å²) < 4.78 is 15.2. The highest BCUT2D eigenvalue weighted by atomic mass is 16.5. The third-order valence-electron chi connectivity index (χ3n) is 2.79. The van der Waals surface area contributed by atoms with Crippen molar-refractivity contribution in [3.63, 3.8) is 0 Å². The number of ether oxygens (including phenoxy) is 3. The fraction of sp³-hybridized carbons (Fsp3) is 0.467. The SMILES string of the molecule is CCOC(=O)[C@H](O)[C@@H](COc1ccc(OC)cc1)NC(C)=O. The van der Waals surface area contributed by atoms with Gasteiger partial charge in [-0.2, -0.15) is 0 Å². The van der Waals surface area contributed by atoms with Crippen LogP contribution in [-0.2, 0) is 14.3 Å². The van der Waals surface area contributed by atoms with Crippen molar-refractivity contribution < 1.29 is 28.9 Å². The van der Waals surface area contributed by atoms with E-state index in [0.29, 0.717) is 11.5 Å². The molecule has 1 amide bonds. The van der Waals surface area contributed by atoms with Crippen molar-refractivity contribution in [3.8, 4) is 11.5 Å². The number of nitrogens with one attached hydrogen (secondary N) is 1. The number of aliphatic hydroxyl groups excluding tert-OH is 1. The summed E-state index contributed by atoms with van der Waals surface area (Å²) in [5.74, 6) is 0.00999. The molecule has 1 aromatic carbocycles. The number of carbonyl (C=O) groups is 2. The number of methoxy groups -OCH3 is 1. The van der Waals surface area contributed by atoms with E-state index in [4.69, 9.17) is 14.2 Å². The lowest BCUT2D eigenvalue weighted by molar-refractivity contribution is -0.155. The van der Waals surface area contributed by atoms with E-state index in [1.54, 1.807) is 38.3 Å². The van der Waals surface area contributed by atoms with Crippen molar-refractivity contribution in [1.82, 2.24) is 5.32 Å². The standard InChI is InChI=1S/C15H21NO6/c1-4-21-15(19)14(18)13(16-10(2)17)9-22-12-7-5-11(20-3)6-8-12/h5-8,13-14,18H,4,9H2,1-3H3,(H,16,17)/t13-,14-/m1/s1. The van der Waals surface area contributed by atoms with E-state index in [1.807, 2.05) is 0 Å². The summed E-state index contributed by atoms with van der Waals surface area (Å²) in [6.07, 6.45) is -1.50. The second-order valence-corrected chi connectivity index (χ2v) is 4.49. The first-order valence-corrected chi connectivity index (χ1v) is 6.86. The highest BCUT2D eigenvalue weighted by molar-refractivity contribution is 5.78. The van der Waals surface area contributed by atoms with E-state index in [2.05, 4.69) is 5.32 Å². The zero-order valence-electron chi connectivity index (χ0n) is 12.9. The normalized spacial score (nSPS) is 12.9. The number of rotatable bonds is 8. The number of carbonyl (C=O) groups excluding carboxylic acids is 2. The van der Waals surface area contributed by atoms with Gasteiger partial charge in [0.2, 0.25) is 5.91 Å². The molecule has 7 nitrogen and oxygen atoms in total. The molecule has 2 N–H and O–H groups in total. The molecule has 22 heavy (non-hydrogen) atoms. The quantitative estimate of drug-likeness (QED) is 0.679. The van der Waals surface area contributed by atoms with E-state index < -0.39 is 18.1 Å². The molecule has 2 atom stereocenters. The zero-order valence-corrected chi connectivity index (χ0v) is 12.9. The van der Waals surface area contributed by atoms with Gasteiger partial charge in [0.15, 0.2) is 6.10 Å². The third-order valence-corrected chi connectivity index (χ3v) is 2.79. The smallest absolute Gasteiger partial charge is 0.337 e. The number of amides is 1. The van der Waals surface area contributed by atoms with E-state index >= 15 is 0 Å². The van der Waals surface area contributed by atoms with Gasteiger partial charge >= 0.3 is 5.97 Å². The fourth-order valence-electron chi connectivity index (χ4n) is 1.72. The molecule has 0 bridgehead atoms. The van der Waals surface area contributed by atoms with Crippen LogP contribution in [0.15, 0.2) is 24.3 Å². The Labute approximate surface area is 129 Å². The van der Waals surface area contributed by atoms with E-state index in [1.165, 1.54) is 6.92 Å². The summed E-state index contributed by atoms with van der Waals surface area (Å²) in [6, 6.07) is 5.88. The molecule has 0 spiro atoms. The van der Waals surface area contributed by atoms with Crippen LogP contribution in [0.1, 0.15) is 13.8 Å². The fourth-order valence-corrected chi connectivity index (χ4v) is 1.72. The van der Waals surface area contributed by atoms with Crippen LogP contribution in [0.25, 0.3) is 0 Å². The van der Waals surface area contributed by atoms with Crippen LogP contribution in [0.5, 0.6) is 11.5 Å². The van der Waals surface area contributed by atoms with Crippen molar-refractivity contribution in [2.24, 2.45) is 0 Å². The molecule has 0 radical (unpaired) electrons. The molecule has 122 valence electrons. The lowest BCUT2D eigenvalue weighted by atomic mass is 10.1. The topological polar surface area (TPSA) is 94.1 Å². The summed E-state index contributed by atoms with van der Waals surface area (Å²) in [4.78, 5) is 22.8. The number of aliphatic hydroxyl groups is 1. The summed E-state index contributed by atoms with van der Waals surface area (Å²) in [6.45, 7) is 2.98. The van der Waals surface area contributed by atoms with Crippen LogP contribution in [0.4, 0.5) is 0 Å². The monoisotopic (exact) mass is 311 g/mol.